The van der Waals surface area contributed by atoms with Crippen molar-refractivity contribution in [3.05, 3.63) is 35.4 Å². The SMILES string of the molecule is CCCNCc1cccc(C)c1.CC[NH3+]. The fourth-order valence-corrected chi connectivity index (χ4v) is 1.23. The van der Waals surface area contributed by atoms with Crippen LogP contribution < -0.4 is 11.1 Å². The molecule has 86 valence electrons. The second kappa shape index (κ2) is 9.69. The maximum absolute atomic E-state index is 3.49. The number of hydrogen-bond acceptors (Lipinski definition) is 1. The van der Waals surface area contributed by atoms with Crippen LogP contribution in [-0.2, 0) is 6.54 Å². The van der Waals surface area contributed by atoms with Crippen LogP contribution in [0.1, 0.15) is 31.4 Å². The van der Waals surface area contributed by atoms with Gasteiger partial charge in [-0.05, 0) is 32.4 Å². The van der Waals surface area contributed by atoms with E-state index in [1.165, 1.54) is 17.5 Å². The highest BCUT2D eigenvalue weighted by molar-refractivity contribution is 5.21. The fraction of sp³-hybridized carbons (Fsp3) is 0.538. The zero-order valence-corrected chi connectivity index (χ0v) is 10.3. The Balaban J connectivity index is 0.000000583. The minimum Gasteiger partial charge on any atom is -0.358 e. The standard InChI is InChI=1S/C11H17N.C2H7N/c1-3-7-12-9-11-6-4-5-10(2)8-11;1-2-3/h4-6,8,12H,3,7,9H2,1-2H3;2-3H2,1H3/p+1. The first-order valence-electron chi connectivity index (χ1n) is 5.80. The Bertz CT molecular complexity index is 246. The summed E-state index contributed by atoms with van der Waals surface area (Å²) < 4.78 is 0. The van der Waals surface area contributed by atoms with Gasteiger partial charge in [0.05, 0.1) is 6.54 Å². The number of nitrogens with one attached hydrogen (secondary N) is 1. The van der Waals surface area contributed by atoms with Crippen LogP contribution in [0.4, 0.5) is 0 Å². The molecule has 2 heteroatoms. The summed E-state index contributed by atoms with van der Waals surface area (Å²) in [5, 5.41) is 3.38. The lowest BCUT2D eigenvalue weighted by atomic mass is 10.1. The maximum atomic E-state index is 3.49. The molecule has 1 rings (SSSR count). The van der Waals surface area contributed by atoms with Crippen molar-refractivity contribution in [1.29, 1.82) is 0 Å². The van der Waals surface area contributed by atoms with Gasteiger partial charge in [-0.25, -0.2) is 0 Å². The van der Waals surface area contributed by atoms with Gasteiger partial charge in [-0.2, -0.15) is 0 Å². The summed E-state index contributed by atoms with van der Waals surface area (Å²) in [6, 6.07) is 8.62. The van der Waals surface area contributed by atoms with Crippen LogP contribution in [0, 0.1) is 6.92 Å². The van der Waals surface area contributed by atoms with Crippen molar-refractivity contribution in [3.8, 4) is 0 Å². The Kier molecular flexibility index (Phi) is 9.13. The van der Waals surface area contributed by atoms with E-state index in [0.717, 1.165) is 19.6 Å². The van der Waals surface area contributed by atoms with Crippen molar-refractivity contribution in [2.24, 2.45) is 0 Å². The van der Waals surface area contributed by atoms with Crippen LogP contribution in [0.5, 0.6) is 0 Å². The average molecular weight is 209 g/mol. The molecule has 0 fully saturated rings. The van der Waals surface area contributed by atoms with Crippen molar-refractivity contribution >= 4 is 0 Å². The molecule has 1 aromatic rings. The molecule has 1 aromatic carbocycles. The molecular weight excluding hydrogens is 184 g/mol. The van der Waals surface area contributed by atoms with Gasteiger partial charge in [0.1, 0.15) is 0 Å². The van der Waals surface area contributed by atoms with Crippen LogP contribution in [0.2, 0.25) is 0 Å². The van der Waals surface area contributed by atoms with E-state index >= 15 is 0 Å². The molecule has 0 spiro atoms. The average Bonchev–Trinajstić information content (AvgIpc) is 2.19. The highest BCUT2D eigenvalue weighted by Gasteiger charge is 1.90. The number of hydrogen-bond donors (Lipinski definition) is 2. The van der Waals surface area contributed by atoms with Crippen molar-refractivity contribution in [2.45, 2.75) is 33.7 Å². The summed E-state index contributed by atoms with van der Waals surface area (Å²) >= 11 is 0. The fourth-order valence-electron chi connectivity index (χ4n) is 1.23. The summed E-state index contributed by atoms with van der Waals surface area (Å²) in [5.74, 6) is 0. The van der Waals surface area contributed by atoms with Crippen molar-refractivity contribution in [3.63, 3.8) is 0 Å². The minimum atomic E-state index is 0.996. The Labute approximate surface area is 93.9 Å². The normalized spacial score (nSPS) is 9.33. The number of rotatable bonds is 4. The lowest BCUT2D eigenvalue weighted by molar-refractivity contribution is -0.361. The van der Waals surface area contributed by atoms with E-state index in [1.54, 1.807) is 0 Å². The van der Waals surface area contributed by atoms with Crippen LogP contribution in [-0.4, -0.2) is 13.1 Å². The molecule has 0 heterocycles. The quantitative estimate of drug-likeness (QED) is 0.729. The van der Waals surface area contributed by atoms with Gasteiger partial charge in [0, 0.05) is 6.54 Å². The highest BCUT2D eigenvalue weighted by Crippen LogP contribution is 2.02. The van der Waals surface area contributed by atoms with Crippen LogP contribution >= 0.6 is 0 Å². The Morgan fingerprint density at radius 3 is 2.47 bits per heavy atom. The topological polar surface area (TPSA) is 39.7 Å². The molecule has 4 N–H and O–H groups in total. The van der Waals surface area contributed by atoms with E-state index in [9.17, 15) is 0 Å². The largest absolute Gasteiger partial charge is 0.358 e. The second-order valence-corrected chi connectivity index (χ2v) is 3.67. The highest BCUT2D eigenvalue weighted by atomic mass is 14.8. The summed E-state index contributed by atoms with van der Waals surface area (Å²) in [4.78, 5) is 0. The molecule has 0 bridgehead atoms. The Morgan fingerprint density at radius 1 is 1.27 bits per heavy atom. The third kappa shape index (κ3) is 8.16. The molecule has 0 saturated heterocycles. The molecule has 0 aliphatic carbocycles. The first kappa shape index (κ1) is 14.1. The van der Waals surface area contributed by atoms with Crippen molar-refractivity contribution in [1.82, 2.24) is 5.32 Å². The van der Waals surface area contributed by atoms with Gasteiger partial charge in [0.25, 0.3) is 0 Å². The van der Waals surface area contributed by atoms with Crippen molar-refractivity contribution in [2.75, 3.05) is 13.1 Å². The van der Waals surface area contributed by atoms with E-state index in [-0.39, 0.29) is 0 Å². The van der Waals surface area contributed by atoms with Gasteiger partial charge < -0.3 is 11.1 Å². The van der Waals surface area contributed by atoms with Gasteiger partial charge in [-0.15, -0.1) is 0 Å². The predicted molar refractivity (Wildman–Crippen MR) is 66.6 cm³/mol. The number of aryl methyl sites for hydroxylation is 1. The van der Waals surface area contributed by atoms with E-state index in [2.05, 4.69) is 49.2 Å². The maximum Gasteiger partial charge on any atom is 0.0711 e. The lowest BCUT2D eigenvalue weighted by Gasteiger charge is -2.03. The molecule has 0 atom stereocenters. The molecule has 0 aliphatic rings. The van der Waals surface area contributed by atoms with Crippen LogP contribution in [0.15, 0.2) is 24.3 Å². The third-order valence-electron chi connectivity index (χ3n) is 1.84. The molecule has 0 aliphatic heterocycles. The molecule has 0 aromatic heterocycles. The van der Waals surface area contributed by atoms with E-state index < -0.39 is 0 Å². The first-order valence-corrected chi connectivity index (χ1v) is 5.80. The number of benzene rings is 1. The second-order valence-electron chi connectivity index (χ2n) is 3.67. The monoisotopic (exact) mass is 209 g/mol. The Hall–Kier alpha value is -0.860. The van der Waals surface area contributed by atoms with Crippen LogP contribution in [0.25, 0.3) is 0 Å². The van der Waals surface area contributed by atoms with Gasteiger partial charge in [-0.3, -0.25) is 0 Å². The molecule has 15 heavy (non-hydrogen) atoms. The van der Waals surface area contributed by atoms with Gasteiger partial charge >= 0.3 is 0 Å². The molecule has 0 saturated carbocycles. The molecular formula is C13H25N2+. The van der Waals surface area contributed by atoms with Gasteiger partial charge in [-0.1, -0.05) is 36.8 Å². The predicted octanol–water partition coefficient (Wildman–Crippen LogP) is 1.74. The third-order valence-corrected chi connectivity index (χ3v) is 1.84. The zero-order valence-electron chi connectivity index (χ0n) is 10.3. The first-order chi connectivity index (χ1) is 7.24. The summed E-state index contributed by atoms with van der Waals surface area (Å²) in [5.41, 5.74) is 6.20. The molecule has 0 amide bonds. The van der Waals surface area contributed by atoms with E-state index in [4.69, 9.17) is 0 Å². The molecule has 0 radical (unpaired) electrons. The van der Waals surface area contributed by atoms with E-state index in [0.29, 0.717) is 0 Å². The molecule has 0 unspecified atom stereocenters. The lowest BCUT2D eigenvalue weighted by Crippen LogP contribution is -2.48. The summed E-state index contributed by atoms with van der Waals surface area (Å²) in [7, 11) is 0. The summed E-state index contributed by atoms with van der Waals surface area (Å²) in [6.45, 7) is 9.43. The number of quaternary nitrogens is 1. The van der Waals surface area contributed by atoms with Crippen LogP contribution in [0.3, 0.4) is 0 Å². The zero-order chi connectivity index (χ0) is 11.5. The minimum absolute atomic E-state index is 0.996. The van der Waals surface area contributed by atoms with Crippen molar-refractivity contribution < 1.29 is 5.73 Å². The van der Waals surface area contributed by atoms with E-state index in [1.807, 2.05) is 6.92 Å². The Morgan fingerprint density at radius 2 is 1.93 bits per heavy atom. The smallest absolute Gasteiger partial charge is 0.0711 e. The molecule has 2 nitrogen and oxygen atoms in total. The summed E-state index contributed by atoms with van der Waals surface area (Å²) in [6.07, 6.45) is 1.20. The van der Waals surface area contributed by atoms with Gasteiger partial charge in [0.2, 0.25) is 0 Å². The van der Waals surface area contributed by atoms with Gasteiger partial charge in [0.15, 0.2) is 0 Å².